The molecule has 0 bridgehead atoms. The number of rotatable bonds is 0. The predicted octanol–water partition coefficient (Wildman–Crippen LogP) is 4.78. The van der Waals surface area contributed by atoms with Crippen molar-refractivity contribution in [2.24, 2.45) is 17.3 Å². The zero-order valence-corrected chi connectivity index (χ0v) is 10.0. The van der Waals surface area contributed by atoms with Gasteiger partial charge in [0.1, 0.15) is 0 Å². The zero-order chi connectivity index (χ0) is 10.0. The Balaban J connectivity index is 2.03. The minimum Gasteiger partial charge on any atom is -0.0625 e. The molecule has 3 atom stereocenters. The molecule has 0 amide bonds. The topological polar surface area (TPSA) is 0 Å². The fourth-order valence-electron chi connectivity index (χ4n) is 4.12. The van der Waals surface area contributed by atoms with E-state index >= 15 is 0 Å². The summed E-state index contributed by atoms with van der Waals surface area (Å²) in [5.74, 6) is 2.01. The smallest absolute Gasteiger partial charge is 0.0292 e. The SMILES string of the molecule is CC1CCCCC2(CCCC(C)C2)C1. The lowest BCUT2D eigenvalue weighted by Crippen LogP contribution is -2.28. The van der Waals surface area contributed by atoms with E-state index in [9.17, 15) is 0 Å². The summed E-state index contributed by atoms with van der Waals surface area (Å²) in [4.78, 5) is 0. The van der Waals surface area contributed by atoms with Crippen LogP contribution in [0, 0.1) is 17.3 Å². The number of hydrogen-bond acceptors (Lipinski definition) is 0. The second kappa shape index (κ2) is 4.24. The van der Waals surface area contributed by atoms with Crippen molar-refractivity contribution >= 4 is 0 Å². The second-order valence-corrected chi connectivity index (χ2v) is 6.26. The molecule has 0 aromatic heterocycles. The van der Waals surface area contributed by atoms with Crippen LogP contribution in [0.3, 0.4) is 0 Å². The molecule has 14 heavy (non-hydrogen) atoms. The normalized spacial score (nSPS) is 45.0. The van der Waals surface area contributed by atoms with Gasteiger partial charge in [-0.25, -0.2) is 0 Å². The molecule has 2 aliphatic carbocycles. The van der Waals surface area contributed by atoms with Gasteiger partial charge in [-0.15, -0.1) is 0 Å². The van der Waals surface area contributed by atoms with Crippen LogP contribution in [-0.4, -0.2) is 0 Å². The van der Waals surface area contributed by atoms with Gasteiger partial charge in [0.2, 0.25) is 0 Å². The van der Waals surface area contributed by atoms with E-state index in [2.05, 4.69) is 13.8 Å². The van der Waals surface area contributed by atoms with Gasteiger partial charge in [0, 0.05) is 0 Å². The molecule has 0 aliphatic heterocycles. The summed E-state index contributed by atoms with van der Waals surface area (Å²) < 4.78 is 0. The van der Waals surface area contributed by atoms with Gasteiger partial charge >= 0.3 is 0 Å². The lowest BCUT2D eigenvalue weighted by molar-refractivity contribution is 0.109. The van der Waals surface area contributed by atoms with E-state index in [0.717, 1.165) is 17.3 Å². The molecule has 0 nitrogen and oxygen atoms in total. The molecule has 0 saturated heterocycles. The maximum atomic E-state index is 2.48. The van der Waals surface area contributed by atoms with Crippen LogP contribution >= 0.6 is 0 Å². The van der Waals surface area contributed by atoms with Crippen LogP contribution in [0.5, 0.6) is 0 Å². The Hall–Kier alpha value is 0. The molecule has 2 saturated carbocycles. The van der Waals surface area contributed by atoms with Crippen molar-refractivity contribution < 1.29 is 0 Å². The van der Waals surface area contributed by atoms with Gasteiger partial charge < -0.3 is 0 Å². The minimum atomic E-state index is 0.785. The van der Waals surface area contributed by atoms with Gasteiger partial charge in [0.25, 0.3) is 0 Å². The van der Waals surface area contributed by atoms with E-state index in [4.69, 9.17) is 0 Å². The Morgan fingerprint density at radius 3 is 2.00 bits per heavy atom. The Bertz CT molecular complexity index is 184. The van der Waals surface area contributed by atoms with Crippen LogP contribution < -0.4 is 0 Å². The average Bonchev–Trinajstić information content (AvgIpc) is 2.27. The molecule has 2 fully saturated rings. The summed E-state index contributed by atoms with van der Waals surface area (Å²) in [6.45, 7) is 4.95. The summed E-state index contributed by atoms with van der Waals surface area (Å²) in [5.41, 5.74) is 0.785. The molecule has 0 aromatic rings. The molecule has 0 aromatic carbocycles. The van der Waals surface area contributed by atoms with E-state index in [1.807, 2.05) is 0 Å². The van der Waals surface area contributed by atoms with Crippen molar-refractivity contribution in [3.63, 3.8) is 0 Å². The highest BCUT2D eigenvalue weighted by Crippen LogP contribution is 2.49. The maximum absolute atomic E-state index is 2.48. The van der Waals surface area contributed by atoms with E-state index in [0.29, 0.717) is 0 Å². The molecule has 82 valence electrons. The monoisotopic (exact) mass is 194 g/mol. The van der Waals surface area contributed by atoms with Gasteiger partial charge in [-0.05, 0) is 42.9 Å². The first-order valence-corrected chi connectivity index (χ1v) is 6.70. The first-order valence-electron chi connectivity index (χ1n) is 6.70. The molecule has 0 heterocycles. The highest BCUT2D eigenvalue weighted by molar-refractivity contribution is 4.88. The second-order valence-electron chi connectivity index (χ2n) is 6.26. The summed E-state index contributed by atoms with van der Waals surface area (Å²) in [6.07, 6.45) is 13.7. The first-order chi connectivity index (χ1) is 6.70. The first kappa shape index (κ1) is 10.5. The molecule has 1 spiro atoms. The van der Waals surface area contributed by atoms with Crippen molar-refractivity contribution in [3.05, 3.63) is 0 Å². The van der Waals surface area contributed by atoms with E-state index < -0.39 is 0 Å². The zero-order valence-electron chi connectivity index (χ0n) is 10.0. The lowest BCUT2D eigenvalue weighted by Gasteiger charge is -2.41. The molecule has 3 unspecified atom stereocenters. The van der Waals surface area contributed by atoms with Crippen LogP contribution in [0.15, 0.2) is 0 Å². The standard InChI is InChI=1S/C14H26/c1-12-6-3-4-8-14(10-12)9-5-7-13(2)11-14/h12-13H,3-11H2,1-2H3. The average molecular weight is 194 g/mol. The lowest BCUT2D eigenvalue weighted by atomic mass is 9.65. The third-order valence-corrected chi connectivity index (χ3v) is 4.62. The summed E-state index contributed by atoms with van der Waals surface area (Å²) in [7, 11) is 0. The largest absolute Gasteiger partial charge is 0.0625 e. The van der Waals surface area contributed by atoms with Gasteiger partial charge in [0.05, 0.1) is 0 Å². The van der Waals surface area contributed by atoms with Gasteiger partial charge in [0.15, 0.2) is 0 Å². The highest BCUT2D eigenvalue weighted by Gasteiger charge is 2.36. The highest BCUT2D eigenvalue weighted by atomic mass is 14.4. The molecule has 0 radical (unpaired) electrons. The summed E-state index contributed by atoms with van der Waals surface area (Å²) in [6, 6.07) is 0. The Morgan fingerprint density at radius 1 is 0.786 bits per heavy atom. The van der Waals surface area contributed by atoms with E-state index in [1.54, 1.807) is 12.8 Å². The summed E-state index contributed by atoms with van der Waals surface area (Å²) >= 11 is 0. The van der Waals surface area contributed by atoms with Crippen LogP contribution in [-0.2, 0) is 0 Å². The number of hydrogen-bond donors (Lipinski definition) is 0. The third kappa shape index (κ3) is 2.32. The molecule has 2 aliphatic rings. The quantitative estimate of drug-likeness (QED) is 0.520. The van der Waals surface area contributed by atoms with Crippen molar-refractivity contribution in [2.75, 3.05) is 0 Å². The minimum absolute atomic E-state index is 0.785. The molecule has 0 N–H and O–H groups in total. The third-order valence-electron chi connectivity index (χ3n) is 4.62. The van der Waals surface area contributed by atoms with Crippen molar-refractivity contribution in [2.45, 2.75) is 71.6 Å². The van der Waals surface area contributed by atoms with E-state index in [-0.39, 0.29) is 0 Å². The van der Waals surface area contributed by atoms with Crippen molar-refractivity contribution in [1.82, 2.24) is 0 Å². The van der Waals surface area contributed by atoms with Crippen molar-refractivity contribution in [3.8, 4) is 0 Å². The van der Waals surface area contributed by atoms with Crippen LogP contribution in [0.1, 0.15) is 71.6 Å². The molecule has 2 rings (SSSR count). The Morgan fingerprint density at radius 2 is 1.36 bits per heavy atom. The molecular formula is C14H26. The van der Waals surface area contributed by atoms with Gasteiger partial charge in [-0.1, -0.05) is 46.0 Å². The van der Waals surface area contributed by atoms with Crippen LogP contribution in [0.25, 0.3) is 0 Å². The van der Waals surface area contributed by atoms with E-state index in [1.165, 1.54) is 44.9 Å². The molecular weight excluding hydrogens is 168 g/mol. The molecule has 0 heteroatoms. The van der Waals surface area contributed by atoms with Gasteiger partial charge in [-0.3, -0.25) is 0 Å². The van der Waals surface area contributed by atoms with Crippen LogP contribution in [0.4, 0.5) is 0 Å². The predicted molar refractivity (Wildman–Crippen MR) is 62.3 cm³/mol. The fraction of sp³-hybridized carbons (Fsp3) is 1.00. The fourth-order valence-corrected chi connectivity index (χ4v) is 4.12. The maximum Gasteiger partial charge on any atom is -0.0292 e. The van der Waals surface area contributed by atoms with Crippen LogP contribution in [0.2, 0.25) is 0 Å². The van der Waals surface area contributed by atoms with Gasteiger partial charge in [-0.2, -0.15) is 0 Å². The Labute approximate surface area is 89.5 Å². The Kier molecular flexibility index (Phi) is 3.19. The van der Waals surface area contributed by atoms with Crippen molar-refractivity contribution in [1.29, 1.82) is 0 Å². The summed E-state index contributed by atoms with van der Waals surface area (Å²) in [5, 5.41) is 0.